The van der Waals surface area contributed by atoms with E-state index in [-0.39, 0.29) is 5.91 Å². The third kappa shape index (κ3) is 5.30. The van der Waals surface area contributed by atoms with Crippen LogP contribution in [0.15, 0.2) is 79.1 Å². The zero-order valence-corrected chi connectivity index (χ0v) is 14.8. The first-order chi connectivity index (χ1) is 13.4. The van der Waals surface area contributed by atoms with Crippen LogP contribution < -0.4 is 5.32 Å². The minimum absolute atomic E-state index is 0.321. The van der Waals surface area contributed by atoms with Crippen molar-refractivity contribution in [2.45, 2.75) is 12.7 Å². The summed E-state index contributed by atoms with van der Waals surface area (Å²) in [5.41, 5.74) is 2.85. The summed E-state index contributed by atoms with van der Waals surface area (Å²) in [6.45, 7) is 0.354. The van der Waals surface area contributed by atoms with Crippen LogP contribution in [0.2, 0.25) is 0 Å². The third-order valence-corrected chi connectivity index (χ3v) is 4.10. The highest BCUT2D eigenvalue weighted by Crippen LogP contribution is 2.29. The van der Waals surface area contributed by atoms with E-state index < -0.39 is 11.7 Å². The average molecular weight is 382 g/mol. The first-order valence-corrected chi connectivity index (χ1v) is 8.54. The molecule has 1 heterocycles. The van der Waals surface area contributed by atoms with E-state index in [0.29, 0.717) is 12.1 Å². The van der Waals surface area contributed by atoms with Crippen LogP contribution in [-0.4, -0.2) is 10.9 Å². The average Bonchev–Trinajstić information content (AvgIpc) is 2.71. The van der Waals surface area contributed by atoms with E-state index in [1.165, 1.54) is 24.3 Å². The van der Waals surface area contributed by atoms with Gasteiger partial charge in [0.05, 0.1) is 5.56 Å². The molecule has 3 rings (SSSR count). The first kappa shape index (κ1) is 19.4. The number of nitrogens with zero attached hydrogens (tertiary/aromatic N) is 1. The Kier molecular flexibility index (Phi) is 5.89. The number of alkyl halides is 3. The molecule has 142 valence electrons. The van der Waals surface area contributed by atoms with E-state index in [0.717, 1.165) is 28.8 Å². The summed E-state index contributed by atoms with van der Waals surface area (Å²) in [4.78, 5) is 15.9. The van der Waals surface area contributed by atoms with Crippen LogP contribution in [0.4, 0.5) is 13.2 Å². The first-order valence-electron chi connectivity index (χ1n) is 8.54. The van der Waals surface area contributed by atoms with E-state index in [2.05, 4.69) is 10.3 Å². The zero-order valence-electron chi connectivity index (χ0n) is 14.8. The summed E-state index contributed by atoms with van der Waals surface area (Å²) in [6.07, 6.45) is 1.86. The summed E-state index contributed by atoms with van der Waals surface area (Å²) >= 11 is 0. The van der Waals surface area contributed by atoms with Crippen molar-refractivity contribution < 1.29 is 18.0 Å². The summed E-state index contributed by atoms with van der Waals surface area (Å²) in [6, 6.07) is 16.2. The number of carbonyl (C=O) groups excluding carboxylic acids is 1. The number of hydrogen-bond acceptors (Lipinski definition) is 2. The van der Waals surface area contributed by atoms with E-state index in [1.54, 1.807) is 12.4 Å². The van der Waals surface area contributed by atoms with E-state index in [4.69, 9.17) is 0 Å². The molecule has 0 spiro atoms. The van der Waals surface area contributed by atoms with Gasteiger partial charge in [-0.2, -0.15) is 13.2 Å². The fourth-order valence-corrected chi connectivity index (χ4v) is 2.56. The van der Waals surface area contributed by atoms with E-state index >= 15 is 0 Å². The Bertz CT molecular complexity index is 948. The highest BCUT2D eigenvalue weighted by molar-refractivity contribution is 5.91. The van der Waals surface area contributed by atoms with Gasteiger partial charge in [-0.25, -0.2) is 0 Å². The topological polar surface area (TPSA) is 42.0 Å². The van der Waals surface area contributed by atoms with Gasteiger partial charge in [-0.1, -0.05) is 36.4 Å². The smallest absolute Gasteiger partial charge is 0.348 e. The van der Waals surface area contributed by atoms with Crippen molar-refractivity contribution in [2.75, 3.05) is 0 Å². The number of aromatic nitrogens is 1. The molecule has 0 fully saturated rings. The largest absolute Gasteiger partial charge is 0.416 e. The summed E-state index contributed by atoms with van der Waals surface area (Å²) < 4.78 is 37.6. The van der Waals surface area contributed by atoms with Crippen LogP contribution in [-0.2, 0) is 17.5 Å². The van der Waals surface area contributed by atoms with Crippen molar-refractivity contribution in [2.24, 2.45) is 0 Å². The number of pyridine rings is 1. The van der Waals surface area contributed by atoms with Gasteiger partial charge in [0.15, 0.2) is 0 Å². The van der Waals surface area contributed by atoms with Gasteiger partial charge < -0.3 is 5.32 Å². The molecule has 0 radical (unpaired) electrons. The second kappa shape index (κ2) is 8.52. The van der Waals surface area contributed by atoms with Gasteiger partial charge in [-0.15, -0.1) is 0 Å². The quantitative estimate of drug-likeness (QED) is 0.624. The number of rotatable bonds is 5. The molecule has 2 aromatic carbocycles. The number of hydrogen-bond donors (Lipinski definition) is 1. The van der Waals surface area contributed by atoms with Crippen LogP contribution in [0.5, 0.6) is 0 Å². The molecular formula is C22H17F3N2O. The Morgan fingerprint density at radius 3 is 2.11 bits per heavy atom. The molecule has 3 aromatic rings. The molecule has 3 nitrogen and oxygen atoms in total. The Morgan fingerprint density at radius 2 is 1.50 bits per heavy atom. The predicted octanol–water partition coefficient (Wildman–Crippen LogP) is 5.10. The maximum Gasteiger partial charge on any atom is 0.416 e. The van der Waals surface area contributed by atoms with Crippen molar-refractivity contribution in [3.63, 3.8) is 0 Å². The number of carbonyl (C=O) groups is 1. The Labute approximate surface area is 160 Å². The van der Waals surface area contributed by atoms with Crippen molar-refractivity contribution in [3.05, 3.63) is 95.8 Å². The van der Waals surface area contributed by atoms with E-state index in [1.807, 2.05) is 36.4 Å². The van der Waals surface area contributed by atoms with Gasteiger partial charge in [0.2, 0.25) is 5.91 Å². The van der Waals surface area contributed by atoms with Gasteiger partial charge in [0.1, 0.15) is 0 Å². The summed E-state index contributed by atoms with van der Waals surface area (Å²) in [7, 11) is 0. The lowest BCUT2D eigenvalue weighted by atomic mass is 10.1. The summed E-state index contributed by atoms with van der Waals surface area (Å²) in [5.74, 6) is -0.321. The lowest BCUT2D eigenvalue weighted by Gasteiger charge is -2.06. The molecule has 0 unspecified atom stereocenters. The molecule has 6 heteroatoms. The van der Waals surface area contributed by atoms with E-state index in [9.17, 15) is 18.0 Å². The van der Waals surface area contributed by atoms with Crippen molar-refractivity contribution >= 4 is 12.0 Å². The van der Waals surface area contributed by atoms with Gasteiger partial charge >= 0.3 is 6.18 Å². The van der Waals surface area contributed by atoms with Gasteiger partial charge in [-0.3, -0.25) is 9.78 Å². The lowest BCUT2D eigenvalue weighted by molar-refractivity contribution is -0.137. The molecule has 0 saturated carbocycles. The monoisotopic (exact) mass is 382 g/mol. The SMILES string of the molecule is O=C(C=Cc1ccc(C(F)(F)F)cc1)NCc1ccc(-c2ccncc2)cc1. The minimum atomic E-state index is -4.37. The number of benzene rings is 2. The van der Waals surface area contributed by atoms with Crippen molar-refractivity contribution in [1.29, 1.82) is 0 Å². The molecule has 0 aliphatic carbocycles. The Balaban J connectivity index is 1.53. The van der Waals surface area contributed by atoms with Gasteiger partial charge in [0, 0.05) is 25.0 Å². The molecule has 0 bridgehead atoms. The van der Waals surface area contributed by atoms with Crippen LogP contribution in [0.3, 0.4) is 0 Å². The molecule has 0 saturated heterocycles. The van der Waals surface area contributed by atoms with Crippen LogP contribution in [0.1, 0.15) is 16.7 Å². The molecule has 0 aliphatic heterocycles. The maximum atomic E-state index is 12.5. The normalized spacial score (nSPS) is 11.5. The molecule has 0 aliphatic rings. The Hall–Kier alpha value is -3.41. The molecule has 1 amide bonds. The van der Waals surface area contributed by atoms with Crippen LogP contribution in [0.25, 0.3) is 17.2 Å². The second-order valence-electron chi connectivity index (χ2n) is 6.10. The molecule has 1 N–H and O–H groups in total. The molecule has 1 aromatic heterocycles. The molecule has 0 atom stereocenters. The number of amides is 1. The van der Waals surface area contributed by atoms with Crippen molar-refractivity contribution in [3.8, 4) is 11.1 Å². The highest BCUT2D eigenvalue weighted by Gasteiger charge is 2.29. The third-order valence-electron chi connectivity index (χ3n) is 4.10. The van der Waals surface area contributed by atoms with Gasteiger partial charge in [0.25, 0.3) is 0 Å². The van der Waals surface area contributed by atoms with Crippen molar-refractivity contribution in [1.82, 2.24) is 10.3 Å². The molecular weight excluding hydrogens is 365 g/mol. The predicted molar refractivity (Wildman–Crippen MR) is 102 cm³/mol. The van der Waals surface area contributed by atoms with Gasteiger partial charge in [-0.05, 0) is 52.6 Å². The zero-order chi connectivity index (χ0) is 20.0. The molecule has 28 heavy (non-hydrogen) atoms. The van der Waals surface area contributed by atoms with Crippen LogP contribution in [0, 0.1) is 0 Å². The number of nitrogens with one attached hydrogen (secondary N) is 1. The second-order valence-corrected chi connectivity index (χ2v) is 6.10. The van der Waals surface area contributed by atoms with Crippen LogP contribution >= 0.6 is 0 Å². The lowest BCUT2D eigenvalue weighted by Crippen LogP contribution is -2.20. The highest BCUT2D eigenvalue weighted by atomic mass is 19.4. The maximum absolute atomic E-state index is 12.5. The summed E-state index contributed by atoms with van der Waals surface area (Å²) in [5, 5.41) is 2.75. The fourth-order valence-electron chi connectivity index (χ4n) is 2.56. The standard InChI is InChI=1S/C22H17F3N2O/c23-22(24,25)20-8-3-16(4-9-20)5-10-21(28)27-15-17-1-6-18(7-2-17)19-11-13-26-14-12-19/h1-14H,15H2,(H,27,28). The fraction of sp³-hybridized carbons (Fsp3) is 0.0909. The minimum Gasteiger partial charge on any atom is -0.348 e. The number of halogens is 3. The Morgan fingerprint density at radius 1 is 0.893 bits per heavy atom.